The summed E-state index contributed by atoms with van der Waals surface area (Å²) in [4.78, 5) is 25.4. The van der Waals surface area contributed by atoms with Gasteiger partial charge in [-0.15, -0.1) is 0 Å². The largest absolute Gasteiger partial charge is 0.545 e. The van der Waals surface area contributed by atoms with Crippen LogP contribution in [0.2, 0.25) is 0 Å². The number of rotatable bonds is 3. The number of carboxylic acids is 1. The van der Waals surface area contributed by atoms with E-state index in [1.165, 1.54) is 35.2 Å². The Hall–Kier alpha value is -2.83. The molecule has 2 rings (SSSR count). The quantitative estimate of drug-likeness (QED) is 0.710. The van der Waals surface area contributed by atoms with Crippen LogP contribution in [0.15, 0.2) is 30.6 Å². The van der Waals surface area contributed by atoms with Gasteiger partial charge in [-0.25, -0.2) is 4.98 Å². The van der Waals surface area contributed by atoms with E-state index in [0.29, 0.717) is 5.69 Å². The standard InChI is InChI=1S/C11H10N4O3/c12-9-8(10(13)16)14-5-15(9)7-3-1-6(2-4-7)11(17)18/h1-5H,12H2,(H2,13,16)(H,17,18)/p-1. The molecule has 0 fully saturated rings. The van der Waals surface area contributed by atoms with Crippen molar-refractivity contribution in [3.63, 3.8) is 0 Å². The van der Waals surface area contributed by atoms with Gasteiger partial charge in [-0.05, 0) is 17.7 Å². The molecule has 0 aliphatic heterocycles. The van der Waals surface area contributed by atoms with Crippen molar-refractivity contribution in [1.29, 1.82) is 0 Å². The van der Waals surface area contributed by atoms with E-state index in [-0.39, 0.29) is 17.1 Å². The van der Waals surface area contributed by atoms with Crippen LogP contribution in [0.5, 0.6) is 0 Å². The molecule has 0 aliphatic carbocycles. The first-order chi connectivity index (χ1) is 8.50. The van der Waals surface area contributed by atoms with E-state index >= 15 is 0 Å². The van der Waals surface area contributed by atoms with Gasteiger partial charge < -0.3 is 21.4 Å². The van der Waals surface area contributed by atoms with Crippen molar-refractivity contribution in [2.75, 3.05) is 5.73 Å². The number of anilines is 1. The van der Waals surface area contributed by atoms with Gasteiger partial charge >= 0.3 is 0 Å². The van der Waals surface area contributed by atoms with Crippen molar-refractivity contribution in [2.24, 2.45) is 5.73 Å². The maximum atomic E-state index is 11.0. The van der Waals surface area contributed by atoms with Gasteiger partial charge in [-0.3, -0.25) is 9.36 Å². The zero-order valence-corrected chi connectivity index (χ0v) is 9.16. The number of hydrogen-bond donors (Lipinski definition) is 2. The summed E-state index contributed by atoms with van der Waals surface area (Å²) in [6, 6.07) is 5.78. The summed E-state index contributed by atoms with van der Waals surface area (Å²) in [7, 11) is 0. The van der Waals surface area contributed by atoms with Gasteiger partial charge in [0.15, 0.2) is 5.69 Å². The SMILES string of the molecule is NC(=O)c1ncn(-c2ccc(C(=O)[O-])cc2)c1N. The molecule has 7 nitrogen and oxygen atoms in total. The smallest absolute Gasteiger partial charge is 0.271 e. The highest BCUT2D eigenvalue weighted by Crippen LogP contribution is 2.17. The Balaban J connectivity index is 2.43. The van der Waals surface area contributed by atoms with Crippen molar-refractivity contribution in [2.45, 2.75) is 0 Å². The van der Waals surface area contributed by atoms with Crippen molar-refractivity contribution in [1.82, 2.24) is 9.55 Å². The molecule has 0 atom stereocenters. The van der Waals surface area contributed by atoms with E-state index in [2.05, 4.69) is 4.98 Å². The van der Waals surface area contributed by atoms with Crippen LogP contribution in [0.25, 0.3) is 5.69 Å². The molecule has 0 saturated carbocycles. The number of amides is 1. The molecule has 0 spiro atoms. The second-order valence-corrected chi connectivity index (χ2v) is 3.55. The van der Waals surface area contributed by atoms with Crippen LogP contribution in [0, 0.1) is 0 Å². The molecule has 0 radical (unpaired) electrons. The fraction of sp³-hybridized carbons (Fsp3) is 0. The Morgan fingerprint density at radius 3 is 2.28 bits per heavy atom. The predicted octanol–water partition coefficient (Wildman–Crippen LogP) is -1.08. The van der Waals surface area contributed by atoms with Crippen LogP contribution in [-0.4, -0.2) is 21.4 Å². The summed E-state index contributed by atoms with van der Waals surface area (Å²) >= 11 is 0. The highest BCUT2D eigenvalue weighted by Gasteiger charge is 2.13. The molecule has 4 N–H and O–H groups in total. The molecule has 0 aliphatic rings. The number of hydrogen-bond acceptors (Lipinski definition) is 5. The summed E-state index contributed by atoms with van der Waals surface area (Å²) in [6.07, 6.45) is 1.34. The number of carbonyl (C=O) groups is 2. The Bertz CT molecular complexity index is 616. The van der Waals surface area contributed by atoms with Crippen LogP contribution in [-0.2, 0) is 0 Å². The van der Waals surface area contributed by atoms with E-state index in [1.54, 1.807) is 0 Å². The highest BCUT2D eigenvalue weighted by atomic mass is 16.4. The van der Waals surface area contributed by atoms with Crippen LogP contribution in [0.3, 0.4) is 0 Å². The molecule has 1 heterocycles. The lowest BCUT2D eigenvalue weighted by Crippen LogP contribution is -2.22. The minimum atomic E-state index is -1.27. The number of carbonyl (C=O) groups excluding carboxylic acids is 2. The number of benzene rings is 1. The maximum Gasteiger partial charge on any atom is 0.271 e. The number of aromatic nitrogens is 2. The van der Waals surface area contributed by atoms with Crippen molar-refractivity contribution < 1.29 is 14.7 Å². The third-order valence-corrected chi connectivity index (χ3v) is 2.42. The van der Waals surface area contributed by atoms with E-state index < -0.39 is 11.9 Å². The first-order valence-electron chi connectivity index (χ1n) is 4.95. The van der Waals surface area contributed by atoms with Crippen LogP contribution in [0.4, 0.5) is 5.82 Å². The van der Waals surface area contributed by atoms with E-state index in [4.69, 9.17) is 11.5 Å². The van der Waals surface area contributed by atoms with Gasteiger partial charge in [0.1, 0.15) is 12.1 Å². The molecular formula is C11H9N4O3-. The van der Waals surface area contributed by atoms with Gasteiger partial charge in [0.05, 0.1) is 5.97 Å². The monoisotopic (exact) mass is 245 g/mol. The fourth-order valence-electron chi connectivity index (χ4n) is 1.51. The molecule has 1 aromatic carbocycles. The normalized spacial score (nSPS) is 10.2. The van der Waals surface area contributed by atoms with E-state index in [1.807, 2.05) is 0 Å². The Labute approximate surface area is 102 Å². The molecule has 0 saturated heterocycles. The summed E-state index contributed by atoms with van der Waals surface area (Å²) in [5.74, 6) is -1.89. The van der Waals surface area contributed by atoms with Crippen molar-refractivity contribution in [3.8, 4) is 5.69 Å². The zero-order chi connectivity index (χ0) is 13.3. The van der Waals surface area contributed by atoms with Gasteiger partial charge in [0.25, 0.3) is 5.91 Å². The molecule has 1 amide bonds. The van der Waals surface area contributed by atoms with Crippen LogP contribution >= 0.6 is 0 Å². The number of nitrogens with zero attached hydrogens (tertiary/aromatic N) is 2. The fourth-order valence-corrected chi connectivity index (χ4v) is 1.51. The van der Waals surface area contributed by atoms with Crippen molar-refractivity contribution in [3.05, 3.63) is 41.9 Å². The second kappa shape index (κ2) is 4.21. The molecule has 92 valence electrons. The number of nitrogen functional groups attached to an aromatic ring is 1. The lowest BCUT2D eigenvalue weighted by molar-refractivity contribution is -0.255. The van der Waals surface area contributed by atoms with Crippen molar-refractivity contribution >= 4 is 17.7 Å². The Morgan fingerprint density at radius 1 is 1.22 bits per heavy atom. The lowest BCUT2D eigenvalue weighted by atomic mass is 10.2. The highest BCUT2D eigenvalue weighted by molar-refractivity contribution is 5.95. The summed E-state index contributed by atoms with van der Waals surface area (Å²) in [5.41, 5.74) is 11.4. The molecule has 0 unspecified atom stereocenters. The Kier molecular flexibility index (Phi) is 2.72. The first kappa shape index (κ1) is 11.6. The number of nitrogens with two attached hydrogens (primary N) is 2. The average Bonchev–Trinajstić information content (AvgIpc) is 2.71. The molecule has 1 aromatic heterocycles. The molecule has 18 heavy (non-hydrogen) atoms. The number of aromatic carboxylic acids is 1. The third kappa shape index (κ3) is 1.88. The van der Waals surface area contributed by atoms with E-state index in [0.717, 1.165) is 0 Å². The van der Waals surface area contributed by atoms with Crippen LogP contribution in [0.1, 0.15) is 20.8 Å². The van der Waals surface area contributed by atoms with E-state index in [9.17, 15) is 14.7 Å². The topological polar surface area (TPSA) is 127 Å². The summed E-state index contributed by atoms with van der Waals surface area (Å²) < 4.78 is 1.43. The minimum Gasteiger partial charge on any atom is -0.545 e. The molecule has 2 aromatic rings. The average molecular weight is 245 g/mol. The first-order valence-corrected chi connectivity index (χ1v) is 4.95. The van der Waals surface area contributed by atoms with Gasteiger partial charge in [-0.2, -0.15) is 0 Å². The number of imidazole rings is 1. The van der Waals surface area contributed by atoms with Gasteiger partial charge in [0.2, 0.25) is 0 Å². The number of carboxylic acid groups (broad SMARTS) is 1. The zero-order valence-electron chi connectivity index (χ0n) is 9.16. The number of primary amides is 1. The Morgan fingerprint density at radius 2 is 1.83 bits per heavy atom. The maximum absolute atomic E-state index is 11.0. The molecule has 0 bridgehead atoms. The molecule has 7 heteroatoms. The second-order valence-electron chi connectivity index (χ2n) is 3.55. The summed E-state index contributed by atoms with van der Waals surface area (Å²) in [5, 5.41) is 10.6. The summed E-state index contributed by atoms with van der Waals surface area (Å²) in [6.45, 7) is 0. The van der Waals surface area contributed by atoms with Gasteiger partial charge in [-0.1, -0.05) is 12.1 Å². The third-order valence-electron chi connectivity index (χ3n) is 2.42. The van der Waals surface area contributed by atoms with Gasteiger partial charge in [0, 0.05) is 5.69 Å². The predicted molar refractivity (Wildman–Crippen MR) is 60.8 cm³/mol. The van der Waals surface area contributed by atoms with Crippen LogP contribution < -0.4 is 16.6 Å². The minimum absolute atomic E-state index is 0.0287. The lowest BCUT2D eigenvalue weighted by Gasteiger charge is -2.07. The molecular weight excluding hydrogens is 236 g/mol.